The summed E-state index contributed by atoms with van der Waals surface area (Å²) in [5.41, 5.74) is 1.77. The molecule has 5 heteroatoms. The number of hydrogen-bond acceptors (Lipinski definition) is 3. The summed E-state index contributed by atoms with van der Waals surface area (Å²) < 4.78 is 5.16. The predicted molar refractivity (Wildman–Crippen MR) is 93.6 cm³/mol. The maximum absolute atomic E-state index is 12.1. The van der Waals surface area contributed by atoms with Crippen molar-refractivity contribution in [3.8, 4) is 0 Å². The molecule has 0 spiro atoms. The van der Waals surface area contributed by atoms with E-state index in [9.17, 15) is 4.79 Å². The highest BCUT2D eigenvalue weighted by molar-refractivity contribution is 5.90. The van der Waals surface area contributed by atoms with Crippen molar-refractivity contribution in [2.24, 2.45) is 5.92 Å². The first-order valence-electron chi connectivity index (χ1n) is 8.46. The molecule has 0 aromatic heterocycles. The summed E-state index contributed by atoms with van der Waals surface area (Å²) in [6.45, 7) is 7.89. The van der Waals surface area contributed by atoms with E-state index in [0.29, 0.717) is 19.2 Å². The highest BCUT2D eigenvalue weighted by atomic mass is 16.5. The summed E-state index contributed by atoms with van der Waals surface area (Å²) in [7, 11) is 1.65. The molecule has 0 saturated carbocycles. The van der Waals surface area contributed by atoms with Crippen LogP contribution in [0.4, 0.5) is 10.5 Å². The van der Waals surface area contributed by atoms with Crippen LogP contribution >= 0.6 is 0 Å². The number of hydrogen-bond donors (Lipinski definition) is 2. The van der Waals surface area contributed by atoms with Gasteiger partial charge in [0.2, 0.25) is 0 Å². The van der Waals surface area contributed by atoms with Gasteiger partial charge in [0.1, 0.15) is 0 Å². The number of piperidine rings is 1. The van der Waals surface area contributed by atoms with Gasteiger partial charge in [-0.3, -0.25) is 4.90 Å². The van der Waals surface area contributed by atoms with Gasteiger partial charge in [-0.25, -0.2) is 4.79 Å². The lowest BCUT2D eigenvalue weighted by atomic mass is 9.98. The summed E-state index contributed by atoms with van der Waals surface area (Å²) >= 11 is 0. The van der Waals surface area contributed by atoms with Crippen molar-refractivity contribution >= 4 is 11.7 Å². The number of urea groups is 1. The lowest BCUT2D eigenvalue weighted by molar-refractivity contribution is 0.146. The molecule has 1 fully saturated rings. The van der Waals surface area contributed by atoms with Crippen LogP contribution in [0.15, 0.2) is 24.3 Å². The first-order chi connectivity index (χ1) is 11.1. The van der Waals surface area contributed by atoms with Gasteiger partial charge in [-0.15, -0.1) is 0 Å². The smallest absolute Gasteiger partial charge is 0.319 e. The first kappa shape index (κ1) is 17.8. The molecule has 0 unspecified atom stereocenters. The standard InChI is InChI=1S/C18H29N3O2/c1-14-8-10-21(11-9-14)15(2)12-19-18(22)20-17-7-5-4-6-16(17)13-23-3/h4-7,14-15H,8-13H2,1-3H3,(H2,19,20,22)/t15-/m0/s1. The van der Waals surface area contributed by atoms with Crippen LogP contribution in [0.2, 0.25) is 0 Å². The summed E-state index contributed by atoms with van der Waals surface area (Å²) in [6.07, 6.45) is 2.50. The molecular formula is C18H29N3O2. The number of para-hydroxylation sites is 1. The van der Waals surface area contributed by atoms with Crippen LogP contribution in [-0.2, 0) is 11.3 Å². The minimum absolute atomic E-state index is 0.161. The Balaban J connectivity index is 1.79. The maximum Gasteiger partial charge on any atom is 0.319 e. The zero-order valence-corrected chi connectivity index (χ0v) is 14.5. The maximum atomic E-state index is 12.1. The first-order valence-corrected chi connectivity index (χ1v) is 8.46. The molecular weight excluding hydrogens is 290 g/mol. The topological polar surface area (TPSA) is 53.6 Å². The molecule has 0 radical (unpaired) electrons. The third kappa shape index (κ3) is 5.52. The summed E-state index contributed by atoms with van der Waals surface area (Å²) in [6, 6.07) is 7.90. The van der Waals surface area contributed by atoms with Gasteiger partial charge in [0, 0.05) is 30.9 Å². The molecule has 2 N–H and O–H groups in total. The van der Waals surface area contributed by atoms with E-state index in [2.05, 4.69) is 29.4 Å². The van der Waals surface area contributed by atoms with Crippen LogP contribution in [0, 0.1) is 5.92 Å². The third-order valence-electron chi connectivity index (χ3n) is 4.57. The number of likely N-dealkylation sites (tertiary alicyclic amines) is 1. The number of carbonyl (C=O) groups is 1. The number of ether oxygens (including phenoxy) is 1. The van der Waals surface area contributed by atoms with Crippen LogP contribution < -0.4 is 10.6 Å². The van der Waals surface area contributed by atoms with Gasteiger partial charge < -0.3 is 15.4 Å². The lowest BCUT2D eigenvalue weighted by Crippen LogP contribution is -2.46. The highest BCUT2D eigenvalue weighted by Gasteiger charge is 2.20. The molecule has 1 aliphatic rings. The molecule has 2 rings (SSSR count). The number of nitrogens with one attached hydrogen (secondary N) is 2. The van der Waals surface area contributed by atoms with E-state index in [4.69, 9.17) is 4.74 Å². The van der Waals surface area contributed by atoms with Gasteiger partial charge in [-0.2, -0.15) is 0 Å². The van der Waals surface area contributed by atoms with Gasteiger partial charge in [-0.05, 0) is 44.8 Å². The van der Waals surface area contributed by atoms with Crippen LogP contribution in [0.1, 0.15) is 32.3 Å². The van der Waals surface area contributed by atoms with E-state index >= 15 is 0 Å². The molecule has 5 nitrogen and oxygen atoms in total. The van der Waals surface area contributed by atoms with Crippen LogP contribution in [0.3, 0.4) is 0 Å². The quantitative estimate of drug-likeness (QED) is 0.847. The fourth-order valence-electron chi connectivity index (χ4n) is 2.93. The average molecular weight is 319 g/mol. The minimum Gasteiger partial charge on any atom is -0.380 e. The SMILES string of the molecule is COCc1ccccc1NC(=O)NC[C@H](C)N1CCC(C)CC1. The van der Waals surface area contributed by atoms with Gasteiger partial charge >= 0.3 is 6.03 Å². The summed E-state index contributed by atoms with van der Waals surface area (Å²) in [4.78, 5) is 14.6. The van der Waals surface area contributed by atoms with Gasteiger partial charge in [0.15, 0.2) is 0 Å². The van der Waals surface area contributed by atoms with Crippen molar-refractivity contribution in [2.45, 2.75) is 39.3 Å². The van der Waals surface area contributed by atoms with E-state index in [1.807, 2.05) is 24.3 Å². The van der Waals surface area contributed by atoms with Crippen LogP contribution in [0.5, 0.6) is 0 Å². The summed E-state index contributed by atoms with van der Waals surface area (Å²) in [5.74, 6) is 0.826. The second kappa shape index (κ2) is 8.89. The molecule has 23 heavy (non-hydrogen) atoms. The molecule has 1 saturated heterocycles. The Hall–Kier alpha value is -1.59. The van der Waals surface area contributed by atoms with Crippen molar-refractivity contribution in [1.82, 2.24) is 10.2 Å². The van der Waals surface area contributed by atoms with Crippen molar-refractivity contribution < 1.29 is 9.53 Å². The number of nitrogens with zero attached hydrogens (tertiary/aromatic N) is 1. The molecule has 1 heterocycles. The fraction of sp³-hybridized carbons (Fsp3) is 0.611. The normalized spacial score (nSPS) is 17.7. The number of amides is 2. The second-order valence-electron chi connectivity index (χ2n) is 6.49. The third-order valence-corrected chi connectivity index (χ3v) is 4.57. The van der Waals surface area contributed by atoms with Crippen molar-refractivity contribution in [1.29, 1.82) is 0 Å². The second-order valence-corrected chi connectivity index (χ2v) is 6.49. The van der Waals surface area contributed by atoms with Gasteiger partial charge in [-0.1, -0.05) is 25.1 Å². The zero-order valence-electron chi connectivity index (χ0n) is 14.5. The Morgan fingerprint density at radius 1 is 1.35 bits per heavy atom. The largest absolute Gasteiger partial charge is 0.380 e. The Labute approximate surface area is 139 Å². The molecule has 2 amide bonds. The van der Waals surface area contributed by atoms with Crippen molar-refractivity contribution in [2.75, 3.05) is 32.1 Å². The van der Waals surface area contributed by atoms with E-state index in [-0.39, 0.29) is 6.03 Å². The number of methoxy groups -OCH3 is 1. The average Bonchev–Trinajstić information content (AvgIpc) is 2.55. The Morgan fingerprint density at radius 2 is 2.04 bits per heavy atom. The van der Waals surface area contributed by atoms with E-state index in [1.165, 1.54) is 12.8 Å². The molecule has 1 aromatic rings. The predicted octanol–water partition coefficient (Wildman–Crippen LogP) is 3.07. The Morgan fingerprint density at radius 3 is 2.74 bits per heavy atom. The molecule has 1 atom stereocenters. The lowest BCUT2D eigenvalue weighted by Gasteiger charge is -2.35. The fourth-order valence-corrected chi connectivity index (χ4v) is 2.93. The minimum atomic E-state index is -0.161. The number of benzene rings is 1. The monoisotopic (exact) mass is 319 g/mol. The van der Waals surface area contributed by atoms with E-state index in [0.717, 1.165) is 30.3 Å². The highest BCUT2D eigenvalue weighted by Crippen LogP contribution is 2.18. The zero-order chi connectivity index (χ0) is 16.7. The van der Waals surface area contributed by atoms with Crippen molar-refractivity contribution in [3.05, 3.63) is 29.8 Å². The van der Waals surface area contributed by atoms with Crippen LogP contribution in [-0.4, -0.2) is 43.7 Å². The molecule has 0 aliphatic carbocycles. The number of carbonyl (C=O) groups excluding carboxylic acids is 1. The van der Waals surface area contributed by atoms with Gasteiger partial charge in [0.05, 0.1) is 6.61 Å². The number of anilines is 1. The van der Waals surface area contributed by atoms with Crippen molar-refractivity contribution in [3.63, 3.8) is 0 Å². The Bertz CT molecular complexity index is 499. The van der Waals surface area contributed by atoms with Gasteiger partial charge in [0.25, 0.3) is 0 Å². The molecule has 1 aliphatic heterocycles. The Kier molecular flexibility index (Phi) is 6.86. The van der Waals surface area contributed by atoms with Crippen LogP contribution in [0.25, 0.3) is 0 Å². The van der Waals surface area contributed by atoms with E-state index in [1.54, 1.807) is 7.11 Å². The number of rotatable bonds is 6. The molecule has 0 bridgehead atoms. The molecule has 128 valence electrons. The summed E-state index contributed by atoms with van der Waals surface area (Å²) in [5, 5.41) is 5.89. The van der Waals surface area contributed by atoms with E-state index < -0.39 is 0 Å². The molecule has 1 aromatic carbocycles.